The first-order valence-corrected chi connectivity index (χ1v) is 7.74. The van der Waals surface area contributed by atoms with Crippen molar-refractivity contribution in [2.75, 3.05) is 26.8 Å². The summed E-state index contributed by atoms with van der Waals surface area (Å²) in [5.41, 5.74) is 0. The number of nitrogens with one attached hydrogen (secondary N) is 1. The van der Waals surface area contributed by atoms with E-state index in [-0.39, 0.29) is 0 Å². The quantitative estimate of drug-likeness (QED) is 0.740. The van der Waals surface area contributed by atoms with Crippen molar-refractivity contribution in [3.05, 3.63) is 20.8 Å². The van der Waals surface area contributed by atoms with Crippen LogP contribution in [0.4, 0.5) is 0 Å². The van der Waals surface area contributed by atoms with Gasteiger partial charge in [-0.3, -0.25) is 0 Å². The van der Waals surface area contributed by atoms with Crippen molar-refractivity contribution in [2.24, 2.45) is 11.8 Å². The van der Waals surface area contributed by atoms with Gasteiger partial charge in [0.2, 0.25) is 0 Å². The minimum absolute atomic E-state index is 0.682. The molecule has 0 radical (unpaired) electrons. The maximum atomic E-state index is 5.04. The van der Waals surface area contributed by atoms with E-state index in [9.17, 15) is 0 Å². The predicted molar refractivity (Wildman–Crippen MR) is 78.8 cm³/mol. The van der Waals surface area contributed by atoms with Crippen molar-refractivity contribution in [1.29, 1.82) is 0 Å². The molecule has 0 spiro atoms. The van der Waals surface area contributed by atoms with Crippen molar-refractivity contribution >= 4 is 27.3 Å². The Bertz CT molecular complexity index is 314. The van der Waals surface area contributed by atoms with E-state index in [1.807, 2.05) is 11.3 Å². The van der Waals surface area contributed by atoms with E-state index >= 15 is 0 Å². The Morgan fingerprint density at radius 3 is 2.76 bits per heavy atom. The summed E-state index contributed by atoms with van der Waals surface area (Å²) in [6, 6.07) is 2.13. The molecule has 4 heteroatoms. The van der Waals surface area contributed by atoms with E-state index < -0.39 is 0 Å². The van der Waals surface area contributed by atoms with Crippen LogP contribution in [-0.2, 0) is 11.2 Å². The standard InChI is InChI=1S/C13H22BrNOS/c1-10(2)11(9-15-5-6-16-3)8-13-12(14)4-7-17-13/h4,7,10-11,15H,5-6,8-9H2,1-3H3. The summed E-state index contributed by atoms with van der Waals surface area (Å²) in [6.45, 7) is 7.37. The van der Waals surface area contributed by atoms with Crippen LogP contribution >= 0.6 is 27.3 Å². The lowest BCUT2D eigenvalue weighted by Gasteiger charge is -2.21. The van der Waals surface area contributed by atoms with Crippen LogP contribution in [0.2, 0.25) is 0 Å². The number of hydrogen-bond donors (Lipinski definition) is 1. The van der Waals surface area contributed by atoms with E-state index in [0.717, 1.165) is 26.1 Å². The predicted octanol–water partition coefficient (Wildman–Crippen LogP) is 3.56. The first-order valence-electron chi connectivity index (χ1n) is 6.06. The third kappa shape index (κ3) is 5.51. The van der Waals surface area contributed by atoms with Gasteiger partial charge in [0, 0.05) is 23.0 Å². The molecule has 98 valence electrons. The van der Waals surface area contributed by atoms with Gasteiger partial charge in [-0.25, -0.2) is 0 Å². The smallest absolute Gasteiger partial charge is 0.0587 e. The van der Waals surface area contributed by atoms with E-state index in [1.165, 1.54) is 9.35 Å². The van der Waals surface area contributed by atoms with E-state index in [0.29, 0.717) is 11.8 Å². The number of halogens is 1. The Labute approximate surface area is 117 Å². The van der Waals surface area contributed by atoms with Crippen LogP contribution in [0.3, 0.4) is 0 Å². The molecule has 0 aliphatic rings. The molecule has 1 aromatic rings. The fourth-order valence-electron chi connectivity index (χ4n) is 1.71. The van der Waals surface area contributed by atoms with E-state index in [2.05, 4.69) is 46.5 Å². The van der Waals surface area contributed by atoms with Crippen molar-refractivity contribution in [1.82, 2.24) is 5.32 Å². The summed E-state index contributed by atoms with van der Waals surface area (Å²) < 4.78 is 6.30. The second kappa shape index (κ2) is 8.25. The minimum atomic E-state index is 0.682. The molecule has 1 unspecified atom stereocenters. The number of hydrogen-bond acceptors (Lipinski definition) is 3. The van der Waals surface area contributed by atoms with Gasteiger partial charge >= 0.3 is 0 Å². The Morgan fingerprint density at radius 2 is 2.24 bits per heavy atom. The molecular weight excluding hydrogens is 298 g/mol. The zero-order chi connectivity index (χ0) is 12.7. The number of ether oxygens (including phenoxy) is 1. The Hall–Kier alpha value is 0.100. The summed E-state index contributed by atoms with van der Waals surface area (Å²) in [7, 11) is 1.74. The SMILES string of the molecule is COCCNCC(Cc1sccc1Br)C(C)C. The van der Waals surface area contributed by atoms with Crippen molar-refractivity contribution in [3.8, 4) is 0 Å². The highest BCUT2D eigenvalue weighted by atomic mass is 79.9. The molecule has 1 rings (SSSR count). The molecular formula is C13H22BrNOS. The highest BCUT2D eigenvalue weighted by Gasteiger charge is 2.15. The van der Waals surface area contributed by atoms with Gasteiger partial charge in [-0.1, -0.05) is 13.8 Å². The monoisotopic (exact) mass is 319 g/mol. The van der Waals surface area contributed by atoms with Crippen LogP contribution in [0.15, 0.2) is 15.9 Å². The number of methoxy groups -OCH3 is 1. The molecule has 2 nitrogen and oxygen atoms in total. The normalized spacial score (nSPS) is 13.2. The molecule has 1 atom stereocenters. The van der Waals surface area contributed by atoms with Gasteiger partial charge < -0.3 is 10.1 Å². The molecule has 0 aromatic carbocycles. The maximum absolute atomic E-state index is 5.04. The Kier molecular flexibility index (Phi) is 7.35. The average Bonchev–Trinajstić information content (AvgIpc) is 2.68. The average molecular weight is 320 g/mol. The van der Waals surface area contributed by atoms with Crippen LogP contribution in [-0.4, -0.2) is 26.8 Å². The van der Waals surface area contributed by atoms with Gasteiger partial charge in [-0.15, -0.1) is 11.3 Å². The number of rotatable bonds is 8. The van der Waals surface area contributed by atoms with Gasteiger partial charge in [0.05, 0.1) is 6.61 Å². The first kappa shape index (κ1) is 15.2. The third-order valence-electron chi connectivity index (χ3n) is 2.97. The van der Waals surface area contributed by atoms with Gasteiger partial charge in [-0.2, -0.15) is 0 Å². The molecule has 0 saturated carbocycles. The van der Waals surface area contributed by atoms with Crippen LogP contribution in [0.5, 0.6) is 0 Å². The van der Waals surface area contributed by atoms with Crippen LogP contribution < -0.4 is 5.32 Å². The molecule has 1 aromatic heterocycles. The van der Waals surface area contributed by atoms with Gasteiger partial charge in [-0.05, 0) is 52.2 Å². The largest absolute Gasteiger partial charge is 0.383 e. The van der Waals surface area contributed by atoms with Crippen molar-refractivity contribution in [3.63, 3.8) is 0 Å². The molecule has 0 aliphatic heterocycles. The lowest BCUT2D eigenvalue weighted by Crippen LogP contribution is -2.30. The molecule has 0 amide bonds. The van der Waals surface area contributed by atoms with Crippen LogP contribution in [0.25, 0.3) is 0 Å². The van der Waals surface area contributed by atoms with Crippen LogP contribution in [0, 0.1) is 11.8 Å². The highest BCUT2D eigenvalue weighted by molar-refractivity contribution is 9.10. The summed E-state index contributed by atoms with van der Waals surface area (Å²) >= 11 is 5.45. The first-order chi connectivity index (χ1) is 8.15. The van der Waals surface area contributed by atoms with E-state index in [4.69, 9.17) is 4.74 Å². The lowest BCUT2D eigenvalue weighted by atomic mass is 9.92. The zero-order valence-corrected chi connectivity index (χ0v) is 13.2. The molecule has 0 bridgehead atoms. The van der Waals surface area contributed by atoms with E-state index in [1.54, 1.807) is 7.11 Å². The second-order valence-corrected chi connectivity index (χ2v) is 6.45. The van der Waals surface area contributed by atoms with Gasteiger partial charge in [0.1, 0.15) is 0 Å². The van der Waals surface area contributed by atoms with Crippen molar-refractivity contribution < 1.29 is 4.74 Å². The summed E-state index contributed by atoms with van der Waals surface area (Å²) in [6.07, 6.45) is 1.15. The van der Waals surface area contributed by atoms with Gasteiger partial charge in [0.15, 0.2) is 0 Å². The zero-order valence-electron chi connectivity index (χ0n) is 10.8. The second-order valence-electron chi connectivity index (χ2n) is 4.60. The fraction of sp³-hybridized carbons (Fsp3) is 0.692. The maximum Gasteiger partial charge on any atom is 0.0587 e. The third-order valence-corrected chi connectivity index (χ3v) is 4.92. The van der Waals surface area contributed by atoms with Crippen molar-refractivity contribution in [2.45, 2.75) is 20.3 Å². The van der Waals surface area contributed by atoms with Crippen LogP contribution in [0.1, 0.15) is 18.7 Å². The lowest BCUT2D eigenvalue weighted by molar-refractivity contribution is 0.196. The summed E-state index contributed by atoms with van der Waals surface area (Å²) in [4.78, 5) is 1.46. The molecule has 1 N–H and O–H groups in total. The Morgan fingerprint density at radius 1 is 1.47 bits per heavy atom. The molecule has 0 aliphatic carbocycles. The number of thiophene rings is 1. The topological polar surface area (TPSA) is 21.3 Å². The molecule has 0 saturated heterocycles. The minimum Gasteiger partial charge on any atom is -0.383 e. The Balaban J connectivity index is 2.41. The highest BCUT2D eigenvalue weighted by Crippen LogP contribution is 2.27. The summed E-state index contributed by atoms with van der Waals surface area (Å²) in [5, 5.41) is 5.61. The molecule has 0 fully saturated rings. The summed E-state index contributed by atoms with van der Waals surface area (Å²) in [5.74, 6) is 1.38. The van der Waals surface area contributed by atoms with Gasteiger partial charge in [0.25, 0.3) is 0 Å². The molecule has 1 heterocycles. The molecule has 17 heavy (non-hydrogen) atoms. The fourth-order valence-corrected chi connectivity index (χ4v) is 3.32.